The minimum Gasteiger partial charge on any atom is -0.457 e. The lowest BCUT2D eigenvalue weighted by Gasteiger charge is -2.08. The average Bonchev–Trinajstić information content (AvgIpc) is 3.16. The molecule has 9 heteroatoms. The zero-order valence-corrected chi connectivity index (χ0v) is 15.6. The van der Waals surface area contributed by atoms with Crippen molar-refractivity contribution in [1.29, 1.82) is 0 Å². The zero-order valence-electron chi connectivity index (χ0n) is 15.6. The maximum atomic E-state index is 12.1. The fourth-order valence-corrected chi connectivity index (χ4v) is 2.71. The molecule has 0 spiro atoms. The molecule has 3 aromatic carbocycles. The third-order valence-electron chi connectivity index (χ3n) is 4.11. The number of ether oxygens (including phenoxy) is 2. The molecule has 30 heavy (non-hydrogen) atoms. The largest absolute Gasteiger partial charge is 0.457 e. The number of H-pyrrole nitrogens is 1. The van der Waals surface area contributed by atoms with E-state index in [9.17, 15) is 14.9 Å². The van der Waals surface area contributed by atoms with Gasteiger partial charge in [-0.15, -0.1) is 0 Å². The highest BCUT2D eigenvalue weighted by molar-refractivity contribution is 5.92. The Morgan fingerprint density at radius 3 is 2.50 bits per heavy atom. The first-order chi connectivity index (χ1) is 14.6. The fourth-order valence-electron chi connectivity index (χ4n) is 2.71. The monoisotopic (exact) mass is 404 g/mol. The van der Waals surface area contributed by atoms with E-state index in [1.165, 1.54) is 18.2 Å². The number of carbonyl (C=O) groups excluding carboxylic acids is 1. The number of aromatic nitrogens is 2. The summed E-state index contributed by atoms with van der Waals surface area (Å²) in [6, 6.07) is 20.6. The SMILES string of the molecule is O=C(COc1nc2cc([N+](=O)[O-])ccc2[nH]1)Nc1ccc(Oc2ccccc2)cc1. The lowest BCUT2D eigenvalue weighted by Crippen LogP contribution is -2.20. The van der Waals surface area contributed by atoms with Crippen molar-refractivity contribution in [2.24, 2.45) is 0 Å². The summed E-state index contributed by atoms with van der Waals surface area (Å²) in [5.74, 6) is 0.990. The number of para-hydroxylation sites is 1. The molecule has 4 aromatic rings. The maximum Gasteiger partial charge on any atom is 0.295 e. The number of nitrogens with one attached hydrogen (secondary N) is 2. The molecular weight excluding hydrogens is 388 g/mol. The molecule has 0 saturated carbocycles. The Morgan fingerprint density at radius 2 is 1.77 bits per heavy atom. The van der Waals surface area contributed by atoms with Crippen LogP contribution in [0.2, 0.25) is 0 Å². The van der Waals surface area contributed by atoms with Gasteiger partial charge < -0.3 is 19.8 Å². The first-order valence-corrected chi connectivity index (χ1v) is 8.96. The Balaban J connectivity index is 1.32. The van der Waals surface area contributed by atoms with Gasteiger partial charge in [0.05, 0.1) is 16.0 Å². The highest BCUT2D eigenvalue weighted by Gasteiger charge is 2.11. The summed E-state index contributed by atoms with van der Waals surface area (Å²) < 4.78 is 11.1. The van der Waals surface area contributed by atoms with Crippen LogP contribution in [0.5, 0.6) is 17.5 Å². The van der Waals surface area contributed by atoms with E-state index in [2.05, 4.69) is 15.3 Å². The number of aromatic amines is 1. The summed E-state index contributed by atoms with van der Waals surface area (Å²) >= 11 is 0. The molecule has 1 heterocycles. The Labute approximate surface area is 170 Å². The van der Waals surface area contributed by atoms with E-state index in [1.807, 2.05) is 30.3 Å². The summed E-state index contributed by atoms with van der Waals surface area (Å²) in [7, 11) is 0. The van der Waals surface area contributed by atoms with Crippen molar-refractivity contribution in [3.8, 4) is 17.5 Å². The molecule has 0 aliphatic rings. The van der Waals surface area contributed by atoms with Crippen molar-refractivity contribution in [3.05, 3.63) is 82.9 Å². The second-order valence-electron chi connectivity index (χ2n) is 6.28. The number of nitro benzene ring substituents is 1. The molecule has 2 N–H and O–H groups in total. The number of non-ortho nitro benzene ring substituents is 1. The van der Waals surface area contributed by atoms with E-state index >= 15 is 0 Å². The van der Waals surface area contributed by atoms with Crippen LogP contribution in [0.25, 0.3) is 11.0 Å². The minimum absolute atomic E-state index is 0.0713. The van der Waals surface area contributed by atoms with Gasteiger partial charge in [0.15, 0.2) is 6.61 Å². The molecule has 4 rings (SSSR count). The smallest absolute Gasteiger partial charge is 0.295 e. The van der Waals surface area contributed by atoms with Gasteiger partial charge in [0, 0.05) is 17.8 Å². The third kappa shape index (κ3) is 4.53. The number of fused-ring (bicyclic) bond motifs is 1. The number of hydrogen-bond donors (Lipinski definition) is 2. The van der Waals surface area contributed by atoms with Gasteiger partial charge in [0.2, 0.25) is 0 Å². The number of anilines is 1. The molecule has 0 saturated heterocycles. The van der Waals surface area contributed by atoms with Crippen molar-refractivity contribution >= 4 is 28.3 Å². The highest BCUT2D eigenvalue weighted by Crippen LogP contribution is 2.23. The van der Waals surface area contributed by atoms with Crippen LogP contribution in [0.4, 0.5) is 11.4 Å². The van der Waals surface area contributed by atoms with Crippen molar-refractivity contribution in [1.82, 2.24) is 9.97 Å². The second kappa shape index (κ2) is 8.31. The number of nitro groups is 1. The molecular formula is C21H16N4O5. The van der Waals surface area contributed by atoms with Crippen LogP contribution in [0, 0.1) is 10.1 Å². The molecule has 0 aliphatic carbocycles. The van der Waals surface area contributed by atoms with E-state index in [4.69, 9.17) is 9.47 Å². The Hall–Kier alpha value is -4.40. The molecule has 1 amide bonds. The van der Waals surface area contributed by atoms with Gasteiger partial charge in [-0.05, 0) is 42.5 Å². The first kappa shape index (κ1) is 18.9. The van der Waals surface area contributed by atoms with E-state index in [0.717, 1.165) is 5.75 Å². The Kier molecular flexibility index (Phi) is 5.25. The number of benzene rings is 3. The molecule has 0 fully saturated rings. The number of nitrogens with zero attached hydrogens (tertiary/aromatic N) is 2. The van der Waals surface area contributed by atoms with Crippen LogP contribution >= 0.6 is 0 Å². The summed E-state index contributed by atoms with van der Waals surface area (Å²) in [5, 5.41) is 13.5. The molecule has 0 atom stereocenters. The second-order valence-corrected chi connectivity index (χ2v) is 6.28. The van der Waals surface area contributed by atoms with Crippen molar-refractivity contribution in [2.45, 2.75) is 0 Å². The number of carbonyl (C=O) groups is 1. The molecule has 0 radical (unpaired) electrons. The van der Waals surface area contributed by atoms with Gasteiger partial charge >= 0.3 is 0 Å². The standard InChI is InChI=1S/C21H16N4O5/c26-20(13-29-21-23-18-11-8-15(25(27)28)12-19(18)24-21)22-14-6-9-17(10-7-14)30-16-4-2-1-3-5-16/h1-12H,13H2,(H,22,26)(H,23,24). The summed E-state index contributed by atoms with van der Waals surface area (Å²) in [4.78, 5) is 29.4. The van der Waals surface area contributed by atoms with Gasteiger partial charge in [0.25, 0.3) is 17.6 Å². The van der Waals surface area contributed by atoms with E-state index in [1.54, 1.807) is 24.3 Å². The van der Waals surface area contributed by atoms with E-state index in [-0.39, 0.29) is 24.2 Å². The van der Waals surface area contributed by atoms with Crippen LogP contribution < -0.4 is 14.8 Å². The summed E-state index contributed by atoms with van der Waals surface area (Å²) in [5.41, 5.74) is 1.47. The minimum atomic E-state index is -0.502. The average molecular weight is 404 g/mol. The normalized spacial score (nSPS) is 10.5. The fraction of sp³-hybridized carbons (Fsp3) is 0.0476. The molecule has 9 nitrogen and oxygen atoms in total. The lowest BCUT2D eigenvalue weighted by atomic mass is 10.3. The van der Waals surface area contributed by atoms with Crippen LogP contribution in [0.1, 0.15) is 0 Å². The van der Waals surface area contributed by atoms with E-state index in [0.29, 0.717) is 22.5 Å². The van der Waals surface area contributed by atoms with Crippen LogP contribution in [0.15, 0.2) is 72.8 Å². The lowest BCUT2D eigenvalue weighted by molar-refractivity contribution is -0.384. The quantitative estimate of drug-likeness (QED) is 0.350. The van der Waals surface area contributed by atoms with Gasteiger partial charge in [-0.2, -0.15) is 4.98 Å². The van der Waals surface area contributed by atoms with Gasteiger partial charge in [-0.3, -0.25) is 14.9 Å². The molecule has 0 bridgehead atoms. The number of imidazole rings is 1. The van der Waals surface area contributed by atoms with Crippen LogP contribution in [0.3, 0.4) is 0 Å². The molecule has 0 unspecified atom stereocenters. The molecule has 0 aliphatic heterocycles. The summed E-state index contributed by atoms with van der Waals surface area (Å²) in [6.07, 6.45) is 0. The van der Waals surface area contributed by atoms with Crippen molar-refractivity contribution in [2.75, 3.05) is 11.9 Å². The van der Waals surface area contributed by atoms with Crippen LogP contribution in [-0.4, -0.2) is 27.4 Å². The highest BCUT2D eigenvalue weighted by atomic mass is 16.6. The topological polar surface area (TPSA) is 119 Å². The third-order valence-corrected chi connectivity index (χ3v) is 4.11. The van der Waals surface area contributed by atoms with Gasteiger partial charge in [-0.1, -0.05) is 18.2 Å². The van der Waals surface area contributed by atoms with Gasteiger partial charge in [-0.25, -0.2) is 0 Å². The van der Waals surface area contributed by atoms with Crippen molar-refractivity contribution < 1.29 is 19.2 Å². The van der Waals surface area contributed by atoms with Crippen LogP contribution in [-0.2, 0) is 4.79 Å². The predicted molar refractivity (Wildman–Crippen MR) is 110 cm³/mol. The van der Waals surface area contributed by atoms with E-state index < -0.39 is 4.92 Å². The number of hydrogen-bond acceptors (Lipinski definition) is 6. The zero-order chi connectivity index (χ0) is 20.9. The Bertz CT molecular complexity index is 1190. The summed E-state index contributed by atoms with van der Waals surface area (Å²) in [6.45, 7) is -0.274. The predicted octanol–water partition coefficient (Wildman–Crippen LogP) is 4.28. The molecule has 1 aromatic heterocycles. The number of rotatable bonds is 7. The maximum absolute atomic E-state index is 12.1. The Morgan fingerprint density at radius 1 is 1.03 bits per heavy atom. The number of amides is 1. The van der Waals surface area contributed by atoms with Gasteiger partial charge in [0.1, 0.15) is 11.5 Å². The first-order valence-electron chi connectivity index (χ1n) is 8.96. The van der Waals surface area contributed by atoms with Crippen molar-refractivity contribution in [3.63, 3.8) is 0 Å². The molecule has 150 valence electrons.